The highest BCUT2D eigenvalue weighted by atomic mass is 32.1. The molecular formula is C20H22N2O4S. The number of anilines is 2. The van der Waals surface area contributed by atoms with Gasteiger partial charge in [-0.25, -0.2) is 4.79 Å². The third-order valence-electron chi connectivity index (χ3n) is 4.36. The second kappa shape index (κ2) is 8.35. The maximum absolute atomic E-state index is 12.9. The van der Waals surface area contributed by atoms with Crippen LogP contribution in [0, 0.1) is 0 Å². The first-order valence-corrected chi connectivity index (χ1v) is 9.82. The highest BCUT2D eigenvalue weighted by molar-refractivity contribution is 7.17. The van der Waals surface area contributed by atoms with Gasteiger partial charge in [-0.2, -0.15) is 0 Å². The number of para-hydroxylation sites is 1. The summed E-state index contributed by atoms with van der Waals surface area (Å²) in [5.74, 6) is -1.03. The number of thiophene rings is 1. The smallest absolute Gasteiger partial charge is 0.341 e. The van der Waals surface area contributed by atoms with Crippen LogP contribution in [0.15, 0.2) is 24.3 Å². The summed E-state index contributed by atoms with van der Waals surface area (Å²) >= 11 is 1.44. The summed E-state index contributed by atoms with van der Waals surface area (Å²) in [7, 11) is 0. The van der Waals surface area contributed by atoms with E-state index in [4.69, 9.17) is 4.74 Å². The molecule has 0 saturated carbocycles. The molecule has 1 aromatic heterocycles. The predicted octanol–water partition coefficient (Wildman–Crippen LogP) is 4.01. The third-order valence-corrected chi connectivity index (χ3v) is 5.57. The largest absolute Gasteiger partial charge is 0.462 e. The molecule has 7 heteroatoms. The van der Waals surface area contributed by atoms with Crippen molar-refractivity contribution in [2.45, 2.75) is 39.5 Å². The van der Waals surface area contributed by atoms with Crippen molar-refractivity contribution in [2.24, 2.45) is 0 Å². The number of amides is 2. The van der Waals surface area contributed by atoms with Gasteiger partial charge in [-0.1, -0.05) is 12.1 Å². The molecule has 27 heavy (non-hydrogen) atoms. The summed E-state index contributed by atoms with van der Waals surface area (Å²) < 4.78 is 5.22. The molecule has 0 saturated heterocycles. The highest BCUT2D eigenvalue weighted by Crippen LogP contribution is 2.39. The highest BCUT2D eigenvalue weighted by Gasteiger charge is 2.27. The monoisotopic (exact) mass is 386 g/mol. The lowest BCUT2D eigenvalue weighted by Crippen LogP contribution is -2.18. The van der Waals surface area contributed by atoms with Crippen molar-refractivity contribution in [3.05, 3.63) is 45.8 Å². The lowest BCUT2D eigenvalue weighted by molar-refractivity contribution is -0.114. The summed E-state index contributed by atoms with van der Waals surface area (Å²) in [5, 5.41) is 6.04. The van der Waals surface area contributed by atoms with Crippen LogP contribution in [0.5, 0.6) is 0 Å². The van der Waals surface area contributed by atoms with Crippen LogP contribution in [0.25, 0.3) is 0 Å². The Bertz CT molecular complexity index is 888. The van der Waals surface area contributed by atoms with Crippen LogP contribution in [0.4, 0.5) is 10.7 Å². The molecule has 3 rings (SSSR count). The molecular weight excluding hydrogens is 364 g/mol. The summed E-state index contributed by atoms with van der Waals surface area (Å²) in [4.78, 5) is 37.9. The summed E-state index contributed by atoms with van der Waals surface area (Å²) in [6.07, 6.45) is 3.83. The Hall–Kier alpha value is -2.67. The Kier molecular flexibility index (Phi) is 5.91. The molecule has 0 aliphatic heterocycles. The Morgan fingerprint density at radius 1 is 1.11 bits per heavy atom. The van der Waals surface area contributed by atoms with Gasteiger partial charge in [-0.3, -0.25) is 9.59 Å². The molecule has 0 spiro atoms. The molecule has 1 aliphatic carbocycles. The van der Waals surface area contributed by atoms with E-state index >= 15 is 0 Å². The van der Waals surface area contributed by atoms with Crippen molar-refractivity contribution >= 4 is 39.8 Å². The van der Waals surface area contributed by atoms with Crippen molar-refractivity contribution in [3.63, 3.8) is 0 Å². The molecule has 0 atom stereocenters. The molecule has 1 heterocycles. The molecule has 0 radical (unpaired) electrons. The molecule has 2 N–H and O–H groups in total. The fourth-order valence-corrected chi connectivity index (χ4v) is 4.50. The first-order valence-electron chi connectivity index (χ1n) is 9.00. The van der Waals surface area contributed by atoms with Gasteiger partial charge >= 0.3 is 5.97 Å². The number of hydrogen-bond donors (Lipinski definition) is 2. The minimum atomic E-state index is -0.401. The number of carbonyl (C=O) groups is 3. The molecule has 2 amide bonds. The summed E-state index contributed by atoms with van der Waals surface area (Å²) in [5.41, 5.74) is 2.24. The average Bonchev–Trinajstić information content (AvgIpc) is 2.99. The maximum atomic E-state index is 12.9. The van der Waals surface area contributed by atoms with Gasteiger partial charge < -0.3 is 15.4 Å². The first kappa shape index (κ1) is 19.1. The van der Waals surface area contributed by atoms with Crippen LogP contribution in [0.2, 0.25) is 0 Å². The van der Waals surface area contributed by atoms with Gasteiger partial charge in [0.2, 0.25) is 5.91 Å². The lowest BCUT2D eigenvalue weighted by Gasteiger charge is -2.13. The molecule has 1 aliphatic rings. The van der Waals surface area contributed by atoms with E-state index in [1.54, 1.807) is 31.2 Å². The molecule has 1 aromatic carbocycles. The second-order valence-electron chi connectivity index (χ2n) is 6.32. The molecule has 6 nitrogen and oxygen atoms in total. The Balaban J connectivity index is 1.94. The van der Waals surface area contributed by atoms with Crippen LogP contribution in [0.1, 0.15) is 57.8 Å². The molecule has 0 bridgehead atoms. The lowest BCUT2D eigenvalue weighted by atomic mass is 9.95. The third kappa shape index (κ3) is 4.19. The van der Waals surface area contributed by atoms with Gasteiger partial charge in [0.1, 0.15) is 5.00 Å². The van der Waals surface area contributed by atoms with Crippen LogP contribution < -0.4 is 10.6 Å². The van der Waals surface area contributed by atoms with E-state index in [9.17, 15) is 14.4 Å². The normalized spacial score (nSPS) is 12.8. The number of esters is 1. The number of ether oxygens (including phenoxy) is 1. The standard InChI is InChI=1S/C20H22N2O4S/c1-3-26-20(25)17-14-9-5-7-11-16(14)27-19(17)22-18(24)13-8-4-6-10-15(13)21-12(2)23/h4,6,8,10H,3,5,7,9,11H2,1-2H3,(H,21,23)(H,22,24). The van der Waals surface area contributed by atoms with Crippen LogP contribution in [0.3, 0.4) is 0 Å². The van der Waals surface area contributed by atoms with Crippen molar-refractivity contribution < 1.29 is 19.1 Å². The van der Waals surface area contributed by atoms with Crippen molar-refractivity contribution in [2.75, 3.05) is 17.2 Å². The fraction of sp³-hybridized carbons (Fsp3) is 0.350. The van der Waals surface area contributed by atoms with Crippen LogP contribution >= 0.6 is 11.3 Å². The van der Waals surface area contributed by atoms with Gasteiger partial charge in [0.25, 0.3) is 5.91 Å². The topological polar surface area (TPSA) is 84.5 Å². The van der Waals surface area contributed by atoms with Crippen molar-refractivity contribution in [1.29, 1.82) is 0 Å². The van der Waals surface area contributed by atoms with Crippen molar-refractivity contribution in [1.82, 2.24) is 0 Å². The number of fused-ring (bicyclic) bond motifs is 1. The van der Waals surface area contributed by atoms with Gasteiger partial charge in [-0.15, -0.1) is 11.3 Å². The van der Waals surface area contributed by atoms with E-state index in [2.05, 4.69) is 10.6 Å². The Labute approximate surface area is 161 Å². The number of benzene rings is 1. The average molecular weight is 386 g/mol. The van der Waals surface area contributed by atoms with E-state index in [-0.39, 0.29) is 18.4 Å². The summed E-state index contributed by atoms with van der Waals surface area (Å²) in [6.45, 7) is 3.43. The SMILES string of the molecule is CCOC(=O)c1c(NC(=O)c2ccccc2NC(C)=O)sc2c1CCCC2. The van der Waals surface area contributed by atoms with Crippen LogP contribution in [-0.4, -0.2) is 24.4 Å². The Morgan fingerprint density at radius 2 is 1.85 bits per heavy atom. The van der Waals surface area contributed by atoms with Gasteiger partial charge in [-0.05, 0) is 50.3 Å². The van der Waals surface area contributed by atoms with E-state index in [1.165, 1.54) is 18.3 Å². The molecule has 2 aromatic rings. The maximum Gasteiger partial charge on any atom is 0.341 e. The fourth-order valence-electron chi connectivity index (χ4n) is 3.22. The van der Waals surface area contributed by atoms with Gasteiger partial charge in [0.05, 0.1) is 23.4 Å². The zero-order chi connectivity index (χ0) is 19.4. The van der Waals surface area contributed by atoms with E-state index in [0.717, 1.165) is 36.1 Å². The Morgan fingerprint density at radius 3 is 2.59 bits per heavy atom. The number of hydrogen-bond acceptors (Lipinski definition) is 5. The second-order valence-corrected chi connectivity index (χ2v) is 7.42. The van der Waals surface area contributed by atoms with Gasteiger partial charge in [0.15, 0.2) is 0 Å². The minimum absolute atomic E-state index is 0.256. The van der Waals surface area contributed by atoms with E-state index in [0.29, 0.717) is 21.8 Å². The first-order chi connectivity index (χ1) is 13.0. The summed E-state index contributed by atoms with van der Waals surface area (Å²) in [6, 6.07) is 6.78. The number of rotatable bonds is 5. The zero-order valence-electron chi connectivity index (χ0n) is 15.4. The van der Waals surface area contributed by atoms with Gasteiger partial charge in [0, 0.05) is 11.8 Å². The number of carbonyl (C=O) groups excluding carboxylic acids is 3. The number of nitrogens with one attached hydrogen (secondary N) is 2. The van der Waals surface area contributed by atoms with Crippen LogP contribution in [-0.2, 0) is 22.4 Å². The number of aryl methyl sites for hydroxylation is 1. The zero-order valence-corrected chi connectivity index (χ0v) is 16.2. The molecule has 0 unspecified atom stereocenters. The predicted molar refractivity (Wildman–Crippen MR) is 106 cm³/mol. The van der Waals surface area contributed by atoms with E-state index in [1.807, 2.05) is 0 Å². The molecule has 142 valence electrons. The van der Waals surface area contributed by atoms with E-state index < -0.39 is 5.97 Å². The van der Waals surface area contributed by atoms with Crippen molar-refractivity contribution in [3.8, 4) is 0 Å². The minimum Gasteiger partial charge on any atom is -0.462 e. The molecule has 0 fully saturated rings. The quantitative estimate of drug-likeness (QED) is 0.760.